The van der Waals surface area contributed by atoms with Crippen LogP contribution in [0.1, 0.15) is 11.1 Å². The van der Waals surface area contributed by atoms with Crippen LogP contribution in [0, 0.1) is 17.0 Å². The highest BCUT2D eigenvalue weighted by Gasteiger charge is 2.20. The van der Waals surface area contributed by atoms with E-state index in [1.54, 1.807) is 13.0 Å². The highest BCUT2D eigenvalue weighted by atomic mass is 79.9. The zero-order valence-corrected chi connectivity index (χ0v) is 12.9. The third-order valence-electron chi connectivity index (χ3n) is 2.42. The molecule has 0 bridgehead atoms. The molecule has 0 N–H and O–H groups in total. The molecule has 0 spiro atoms. The highest BCUT2D eigenvalue weighted by molar-refractivity contribution is 9.10. The molecule has 0 aliphatic carbocycles. The van der Waals surface area contributed by atoms with E-state index < -0.39 is 15.7 Å². The van der Waals surface area contributed by atoms with Crippen molar-refractivity contribution >= 4 is 43.5 Å². The number of aryl methyl sites for hydroxylation is 1. The molecule has 0 aromatic heterocycles. The summed E-state index contributed by atoms with van der Waals surface area (Å²) in [6.07, 6.45) is 0.314. The van der Waals surface area contributed by atoms with Crippen LogP contribution in [-0.4, -0.2) is 22.8 Å². The summed E-state index contributed by atoms with van der Waals surface area (Å²) >= 11 is 6.52. The van der Waals surface area contributed by atoms with E-state index in [0.29, 0.717) is 17.5 Å². The van der Waals surface area contributed by atoms with Crippen molar-refractivity contribution in [3.05, 3.63) is 37.8 Å². The Balaban J connectivity index is 3.06. The summed E-state index contributed by atoms with van der Waals surface area (Å²) in [5.74, 6) is -0.412. The lowest BCUT2D eigenvalue weighted by Gasteiger charge is -2.10. The van der Waals surface area contributed by atoms with Gasteiger partial charge in [0.25, 0.3) is 5.69 Å². The van der Waals surface area contributed by atoms with Gasteiger partial charge in [0.05, 0.1) is 12.0 Å². The molecule has 0 heterocycles. The van der Waals surface area contributed by atoms with Crippen molar-refractivity contribution in [2.45, 2.75) is 18.2 Å². The number of carbonyl (C=O) groups is 1. The van der Waals surface area contributed by atoms with Crippen molar-refractivity contribution < 1.29 is 14.5 Å². The normalized spacial score (nSPS) is 12.0. The first-order valence-electron chi connectivity index (χ1n) is 5.02. The number of halogens is 2. The Morgan fingerprint density at radius 1 is 1.56 bits per heavy atom. The summed E-state index contributed by atoms with van der Waals surface area (Å²) in [6, 6.07) is 3.14. The number of hydrogen-bond donors (Lipinski definition) is 0. The minimum Gasteiger partial charge on any atom is -0.468 e. The van der Waals surface area contributed by atoms with Gasteiger partial charge in [0.15, 0.2) is 0 Å². The van der Waals surface area contributed by atoms with Gasteiger partial charge in [0, 0.05) is 16.1 Å². The molecule has 0 saturated heterocycles. The van der Waals surface area contributed by atoms with Gasteiger partial charge >= 0.3 is 5.97 Å². The number of esters is 1. The number of ether oxygens (including phenoxy) is 1. The molecular weight excluding hydrogens is 370 g/mol. The van der Waals surface area contributed by atoms with E-state index in [2.05, 4.69) is 36.6 Å². The largest absolute Gasteiger partial charge is 0.468 e. The lowest BCUT2D eigenvalue weighted by molar-refractivity contribution is -0.385. The predicted molar refractivity (Wildman–Crippen MR) is 74.0 cm³/mol. The Hall–Kier alpha value is -0.950. The molecule has 18 heavy (non-hydrogen) atoms. The third kappa shape index (κ3) is 3.52. The summed E-state index contributed by atoms with van der Waals surface area (Å²) in [5.41, 5.74) is 1.29. The second-order valence-corrected chi connectivity index (χ2v) is 5.64. The maximum absolute atomic E-state index is 11.3. The fourth-order valence-electron chi connectivity index (χ4n) is 1.46. The summed E-state index contributed by atoms with van der Waals surface area (Å²) in [7, 11) is 1.29. The van der Waals surface area contributed by atoms with Gasteiger partial charge in [-0.05, 0) is 25.0 Å². The average Bonchev–Trinajstić information content (AvgIpc) is 2.30. The average molecular weight is 381 g/mol. The Kier molecular flexibility index (Phi) is 5.28. The first-order chi connectivity index (χ1) is 8.36. The number of nitro benzene ring substituents is 1. The minimum absolute atomic E-state index is 0.0396. The van der Waals surface area contributed by atoms with E-state index >= 15 is 0 Å². The van der Waals surface area contributed by atoms with Crippen LogP contribution in [0.15, 0.2) is 16.6 Å². The maximum atomic E-state index is 11.3. The van der Waals surface area contributed by atoms with E-state index in [0.717, 1.165) is 4.47 Å². The lowest BCUT2D eigenvalue weighted by Crippen LogP contribution is -2.18. The molecule has 1 unspecified atom stereocenters. The molecule has 0 radical (unpaired) electrons. The number of carbonyl (C=O) groups excluding carboxylic acids is 1. The smallest absolute Gasteiger partial charge is 0.319 e. The van der Waals surface area contributed by atoms with Gasteiger partial charge in [-0.1, -0.05) is 31.9 Å². The van der Waals surface area contributed by atoms with Crippen LogP contribution >= 0.6 is 31.9 Å². The highest BCUT2D eigenvalue weighted by Crippen LogP contribution is 2.28. The Morgan fingerprint density at radius 3 is 2.67 bits per heavy atom. The predicted octanol–water partition coefficient (Wildman–Crippen LogP) is 3.14. The molecule has 0 fully saturated rings. The molecule has 1 aromatic carbocycles. The summed E-state index contributed by atoms with van der Waals surface area (Å²) in [5, 5.41) is 10.8. The molecule has 1 rings (SSSR count). The Bertz CT molecular complexity index is 490. The third-order valence-corrected chi connectivity index (χ3v) is 3.85. The summed E-state index contributed by atoms with van der Waals surface area (Å²) < 4.78 is 5.33. The van der Waals surface area contributed by atoms with E-state index in [1.165, 1.54) is 13.2 Å². The number of alkyl halides is 1. The molecule has 0 aliphatic rings. The quantitative estimate of drug-likeness (QED) is 0.348. The lowest BCUT2D eigenvalue weighted by atomic mass is 10.1. The van der Waals surface area contributed by atoms with Crippen LogP contribution in [0.3, 0.4) is 0 Å². The fraction of sp³-hybridized carbons (Fsp3) is 0.364. The molecule has 0 saturated carbocycles. The number of nitro groups is 1. The fourth-order valence-corrected chi connectivity index (χ4v) is 2.62. The van der Waals surface area contributed by atoms with Crippen LogP contribution in [0.25, 0.3) is 0 Å². The van der Waals surface area contributed by atoms with Crippen molar-refractivity contribution in [3.8, 4) is 0 Å². The van der Waals surface area contributed by atoms with Crippen molar-refractivity contribution in [3.63, 3.8) is 0 Å². The monoisotopic (exact) mass is 379 g/mol. The number of rotatable bonds is 4. The second-order valence-electron chi connectivity index (χ2n) is 3.68. The van der Waals surface area contributed by atoms with Gasteiger partial charge < -0.3 is 4.74 Å². The second kappa shape index (κ2) is 6.29. The van der Waals surface area contributed by atoms with E-state index in [-0.39, 0.29) is 5.69 Å². The van der Waals surface area contributed by atoms with Crippen molar-refractivity contribution in [1.82, 2.24) is 0 Å². The summed E-state index contributed by atoms with van der Waals surface area (Å²) in [4.78, 5) is 21.2. The first-order valence-corrected chi connectivity index (χ1v) is 6.73. The standard InChI is InChI=1S/C11H11Br2NO4/c1-6-3-8(12)7(5-10(6)14(16)17)4-9(13)11(15)18-2/h3,5,9H,4H2,1-2H3. The van der Waals surface area contributed by atoms with Crippen molar-refractivity contribution in [1.29, 1.82) is 0 Å². The van der Waals surface area contributed by atoms with E-state index in [1.807, 2.05) is 0 Å². The molecule has 5 nitrogen and oxygen atoms in total. The van der Waals surface area contributed by atoms with Gasteiger partial charge in [-0.25, -0.2) is 0 Å². The Labute approximate surface area is 121 Å². The van der Waals surface area contributed by atoms with E-state index in [9.17, 15) is 14.9 Å². The molecule has 1 aromatic rings. The molecule has 0 amide bonds. The van der Waals surface area contributed by atoms with Gasteiger partial charge in [0.1, 0.15) is 4.83 Å². The molecule has 98 valence electrons. The maximum Gasteiger partial charge on any atom is 0.319 e. The van der Waals surface area contributed by atoms with Crippen LogP contribution in [-0.2, 0) is 16.0 Å². The van der Waals surface area contributed by atoms with Gasteiger partial charge in [0.2, 0.25) is 0 Å². The number of benzene rings is 1. The van der Waals surface area contributed by atoms with Gasteiger partial charge in [-0.15, -0.1) is 0 Å². The van der Waals surface area contributed by atoms with Crippen LogP contribution in [0.2, 0.25) is 0 Å². The van der Waals surface area contributed by atoms with Crippen LogP contribution < -0.4 is 0 Å². The minimum atomic E-state index is -0.527. The number of hydrogen-bond acceptors (Lipinski definition) is 4. The molecule has 1 atom stereocenters. The van der Waals surface area contributed by atoms with E-state index in [4.69, 9.17) is 0 Å². The van der Waals surface area contributed by atoms with Crippen molar-refractivity contribution in [2.75, 3.05) is 7.11 Å². The molecule has 7 heteroatoms. The van der Waals surface area contributed by atoms with Crippen LogP contribution in [0.4, 0.5) is 5.69 Å². The molecule has 0 aliphatic heterocycles. The first kappa shape index (κ1) is 15.1. The zero-order chi connectivity index (χ0) is 13.9. The van der Waals surface area contributed by atoms with Crippen molar-refractivity contribution in [2.24, 2.45) is 0 Å². The topological polar surface area (TPSA) is 69.4 Å². The molecular formula is C11H11Br2NO4. The zero-order valence-electron chi connectivity index (χ0n) is 9.78. The number of nitrogens with zero attached hydrogens (tertiary/aromatic N) is 1. The number of methoxy groups -OCH3 is 1. The van der Waals surface area contributed by atoms with Gasteiger partial charge in [-0.3, -0.25) is 14.9 Å². The SMILES string of the molecule is COC(=O)C(Br)Cc1cc([N+](=O)[O-])c(C)cc1Br. The van der Waals surface area contributed by atoms with Gasteiger partial charge in [-0.2, -0.15) is 0 Å². The summed E-state index contributed by atoms with van der Waals surface area (Å²) in [6.45, 7) is 1.67. The Morgan fingerprint density at radius 2 is 2.17 bits per heavy atom. The van der Waals surface area contributed by atoms with Crippen LogP contribution in [0.5, 0.6) is 0 Å².